The van der Waals surface area contributed by atoms with Gasteiger partial charge in [0.1, 0.15) is 5.69 Å². The lowest BCUT2D eigenvalue weighted by molar-refractivity contribution is 0.0696. The van der Waals surface area contributed by atoms with Gasteiger partial charge in [-0.15, -0.1) is 0 Å². The van der Waals surface area contributed by atoms with E-state index in [1.54, 1.807) is 0 Å². The van der Waals surface area contributed by atoms with Crippen LogP contribution in [0.15, 0.2) is 35.3 Å². The highest BCUT2D eigenvalue weighted by Gasteiger charge is 2.09. The van der Waals surface area contributed by atoms with Crippen LogP contribution >= 0.6 is 0 Å². The number of aromatic carboxylic acids is 1. The molecule has 2 rings (SSSR count). The number of carbonyl (C=O) groups excluding carboxylic acids is 1. The van der Waals surface area contributed by atoms with Crippen LogP contribution in [0.1, 0.15) is 26.5 Å². The Kier molecular flexibility index (Phi) is 4.07. The normalized spacial score (nSPS) is 10.1. The first-order chi connectivity index (χ1) is 9.97. The molecule has 0 aliphatic carbocycles. The SMILES string of the molecule is Cn1nc(C(=O)NCc2cc(C(=O)O)ccn2)ccc1=O. The summed E-state index contributed by atoms with van der Waals surface area (Å²) in [6, 6.07) is 5.29. The minimum Gasteiger partial charge on any atom is -0.478 e. The molecule has 2 heterocycles. The van der Waals surface area contributed by atoms with Gasteiger partial charge in [0, 0.05) is 19.3 Å². The van der Waals surface area contributed by atoms with E-state index < -0.39 is 11.9 Å². The molecule has 0 fully saturated rings. The number of hydrogen-bond donors (Lipinski definition) is 2. The first-order valence-electron chi connectivity index (χ1n) is 5.98. The second-order valence-electron chi connectivity index (χ2n) is 4.20. The lowest BCUT2D eigenvalue weighted by atomic mass is 10.2. The maximum Gasteiger partial charge on any atom is 0.335 e. The number of aromatic nitrogens is 3. The minimum atomic E-state index is -1.07. The Morgan fingerprint density at radius 3 is 2.76 bits per heavy atom. The van der Waals surface area contributed by atoms with E-state index in [2.05, 4.69) is 15.4 Å². The van der Waals surface area contributed by atoms with Crippen molar-refractivity contribution in [2.75, 3.05) is 0 Å². The van der Waals surface area contributed by atoms with Gasteiger partial charge in [-0.25, -0.2) is 9.48 Å². The van der Waals surface area contributed by atoms with Crippen LogP contribution in [-0.4, -0.2) is 31.7 Å². The number of nitrogens with one attached hydrogen (secondary N) is 1. The third-order valence-corrected chi connectivity index (χ3v) is 2.69. The average Bonchev–Trinajstić information content (AvgIpc) is 2.48. The fraction of sp³-hybridized carbons (Fsp3) is 0.154. The lowest BCUT2D eigenvalue weighted by Crippen LogP contribution is -2.28. The second kappa shape index (κ2) is 5.95. The molecule has 2 N–H and O–H groups in total. The van der Waals surface area contributed by atoms with Crippen LogP contribution in [0.2, 0.25) is 0 Å². The Labute approximate surface area is 119 Å². The number of amides is 1. The summed E-state index contributed by atoms with van der Waals surface area (Å²) in [5, 5.41) is 15.2. The molecular weight excluding hydrogens is 276 g/mol. The van der Waals surface area contributed by atoms with Gasteiger partial charge < -0.3 is 10.4 Å². The molecule has 8 nitrogen and oxygen atoms in total. The number of carboxylic acid groups (broad SMARTS) is 1. The summed E-state index contributed by atoms with van der Waals surface area (Å²) in [7, 11) is 1.44. The maximum absolute atomic E-state index is 11.9. The zero-order valence-corrected chi connectivity index (χ0v) is 11.1. The molecule has 8 heteroatoms. The monoisotopic (exact) mass is 288 g/mol. The molecule has 0 saturated carbocycles. The summed E-state index contributed by atoms with van der Waals surface area (Å²) in [5.41, 5.74) is 0.274. The van der Waals surface area contributed by atoms with Crippen molar-refractivity contribution >= 4 is 11.9 Å². The first kappa shape index (κ1) is 14.4. The van der Waals surface area contributed by atoms with E-state index in [0.29, 0.717) is 5.69 Å². The third-order valence-electron chi connectivity index (χ3n) is 2.69. The van der Waals surface area contributed by atoms with Crippen molar-refractivity contribution in [1.29, 1.82) is 0 Å². The summed E-state index contributed by atoms with van der Waals surface area (Å²) < 4.78 is 1.05. The highest BCUT2D eigenvalue weighted by molar-refractivity contribution is 5.92. The van der Waals surface area contributed by atoms with Crippen molar-refractivity contribution in [1.82, 2.24) is 20.1 Å². The van der Waals surface area contributed by atoms with Crippen molar-refractivity contribution < 1.29 is 14.7 Å². The summed E-state index contributed by atoms with van der Waals surface area (Å²) >= 11 is 0. The van der Waals surface area contributed by atoms with E-state index >= 15 is 0 Å². The zero-order chi connectivity index (χ0) is 15.4. The van der Waals surface area contributed by atoms with Crippen molar-refractivity contribution in [3.63, 3.8) is 0 Å². The number of pyridine rings is 1. The highest BCUT2D eigenvalue weighted by atomic mass is 16.4. The predicted molar refractivity (Wildman–Crippen MR) is 71.8 cm³/mol. The Bertz CT molecular complexity index is 754. The van der Waals surface area contributed by atoms with Crippen LogP contribution in [0.25, 0.3) is 0 Å². The van der Waals surface area contributed by atoms with Gasteiger partial charge in [0.25, 0.3) is 11.5 Å². The third kappa shape index (κ3) is 3.50. The molecule has 0 spiro atoms. The van der Waals surface area contributed by atoms with E-state index in [9.17, 15) is 14.4 Å². The van der Waals surface area contributed by atoms with Crippen LogP contribution < -0.4 is 10.9 Å². The molecule has 0 radical (unpaired) electrons. The molecule has 2 aromatic heterocycles. The van der Waals surface area contributed by atoms with E-state index in [-0.39, 0.29) is 23.4 Å². The van der Waals surface area contributed by atoms with Crippen LogP contribution in [0.5, 0.6) is 0 Å². The molecule has 0 aliphatic rings. The van der Waals surface area contributed by atoms with Crippen LogP contribution in [0, 0.1) is 0 Å². The van der Waals surface area contributed by atoms with Crippen LogP contribution in [0.4, 0.5) is 0 Å². The summed E-state index contributed by atoms with van der Waals surface area (Å²) in [6.45, 7) is 0.0600. The molecule has 108 valence electrons. The molecule has 0 aliphatic heterocycles. The molecule has 0 saturated heterocycles. The molecule has 0 aromatic carbocycles. The van der Waals surface area contributed by atoms with Crippen molar-refractivity contribution in [2.24, 2.45) is 7.05 Å². The Balaban J connectivity index is 2.07. The first-order valence-corrected chi connectivity index (χ1v) is 5.98. The smallest absolute Gasteiger partial charge is 0.335 e. The van der Waals surface area contributed by atoms with Gasteiger partial charge in [-0.3, -0.25) is 14.6 Å². The van der Waals surface area contributed by atoms with Crippen LogP contribution in [-0.2, 0) is 13.6 Å². The summed E-state index contributed by atoms with van der Waals surface area (Å²) in [6.07, 6.45) is 1.36. The van der Waals surface area contributed by atoms with Crippen molar-refractivity contribution in [3.8, 4) is 0 Å². The van der Waals surface area contributed by atoms with Gasteiger partial charge in [0.2, 0.25) is 0 Å². The van der Waals surface area contributed by atoms with E-state index in [0.717, 1.165) is 4.68 Å². The molecule has 2 aromatic rings. The van der Waals surface area contributed by atoms with Gasteiger partial charge >= 0.3 is 5.97 Å². The molecule has 0 atom stereocenters. The zero-order valence-electron chi connectivity index (χ0n) is 11.1. The molecule has 0 unspecified atom stereocenters. The van der Waals surface area contributed by atoms with E-state index in [1.165, 1.54) is 37.5 Å². The Morgan fingerprint density at radius 1 is 1.33 bits per heavy atom. The Morgan fingerprint density at radius 2 is 2.10 bits per heavy atom. The standard InChI is InChI=1S/C13H12N4O4/c1-17-11(18)3-2-10(16-17)12(19)15-7-9-6-8(13(20)21)4-5-14-9/h2-6H,7H2,1H3,(H,15,19)(H,20,21). The van der Waals surface area contributed by atoms with Gasteiger partial charge in [-0.1, -0.05) is 0 Å². The molecular formula is C13H12N4O4. The van der Waals surface area contributed by atoms with E-state index in [4.69, 9.17) is 5.11 Å². The number of carboxylic acids is 1. The molecule has 1 amide bonds. The van der Waals surface area contributed by atoms with Crippen molar-refractivity contribution in [2.45, 2.75) is 6.54 Å². The number of nitrogens with zero attached hydrogens (tertiary/aromatic N) is 3. The largest absolute Gasteiger partial charge is 0.478 e. The fourth-order valence-electron chi connectivity index (χ4n) is 1.59. The molecule has 21 heavy (non-hydrogen) atoms. The highest BCUT2D eigenvalue weighted by Crippen LogP contribution is 2.02. The number of carbonyl (C=O) groups is 2. The summed E-state index contributed by atoms with van der Waals surface area (Å²) in [5.74, 6) is -1.54. The van der Waals surface area contributed by atoms with Crippen molar-refractivity contribution in [3.05, 3.63) is 57.8 Å². The number of rotatable bonds is 4. The Hall–Kier alpha value is -3.03. The maximum atomic E-state index is 11.9. The lowest BCUT2D eigenvalue weighted by Gasteiger charge is -2.05. The van der Waals surface area contributed by atoms with Gasteiger partial charge in [-0.2, -0.15) is 5.10 Å². The quantitative estimate of drug-likeness (QED) is 0.805. The predicted octanol–water partition coefficient (Wildman–Crippen LogP) is -0.197. The average molecular weight is 288 g/mol. The second-order valence-corrected chi connectivity index (χ2v) is 4.20. The van der Waals surface area contributed by atoms with Gasteiger partial charge in [0.05, 0.1) is 17.8 Å². The summed E-state index contributed by atoms with van der Waals surface area (Å²) in [4.78, 5) is 37.8. The number of aryl methyl sites for hydroxylation is 1. The fourth-order valence-corrected chi connectivity index (χ4v) is 1.59. The minimum absolute atomic E-state index is 0.0600. The van der Waals surface area contributed by atoms with Gasteiger partial charge in [-0.05, 0) is 18.2 Å². The topological polar surface area (TPSA) is 114 Å². The van der Waals surface area contributed by atoms with Gasteiger partial charge in [0.15, 0.2) is 0 Å². The molecule has 0 bridgehead atoms. The number of hydrogen-bond acceptors (Lipinski definition) is 5. The van der Waals surface area contributed by atoms with Crippen LogP contribution in [0.3, 0.4) is 0 Å². The van der Waals surface area contributed by atoms with E-state index in [1.807, 2.05) is 0 Å².